The van der Waals surface area contributed by atoms with Crippen molar-refractivity contribution in [1.29, 1.82) is 0 Å². The van der Waals surface area contributed by atoms with Gasteiger partial charge in [0.2, 0.25) is 0 Å². The summed E-state index contributed by atoms with van der Waals surface area (Å²) in [5.41, 5.74) is 2.99. The van der Waals surface area contributed by atoms with Gasteiger partial charge in [0.15, 0.2) is 0 Å². The minimum absolute atomic E-state index is 1.15. The van der Waals surface area contributed by atoms with Crippen molar-refractivity contribution in [1.82, 2.24) is 0 Å². The second-order valence-electron chi connectivity index (χ2n) is 6.89. The summed E-state index contributed by atoms with van der Waals surface area (Å²) in [6, 6.07) is 31.0. The molecule has 4 heteroatoms. The van der Waals surface area contributed by atoms with Gasteiger partial charge in [-0.05, 0) is 0 Å². The van der Waals surface area contributed by atoms with Crippen LogP contribution in [0.5, 0.6) is 0 Å². The van der Waals surface area contributed by atoms with E-state index in [1.54, 1.807) is 0 Å². The molecule has 0 unspecified atom stereocenters. The molecule has 1 aliphatic rings. The van der Waals surface area contributed by atoms with E-state index in [0.717, 1.165) is 12.8 Å². The molecule has 0 saturated heterocycles. The Morgan fingerprint density at radius 3 is 1.93 bits per heavy atom. The van der Waals surface area contributed by atoms with Gasteiger partial charge in [-0.2, -0.15) is 0 Å². The maximum absolute atomic E-state index is 4.21. The summed E-state index contributed by atoms with van der Waals surface area (Å²) >= 11 is 7.47. The van der Waals surface area contributed by atoms with Gasteiger partial charge >= 0.3 is 188 Å². The first kappa shape index (κ1) is 19.2. The van der Waals surface area contributed by atoms with Crippen LogP contribution < -0.4 is 7.22 Å². The normalized spacial score (nSPS) is 13.8. The Morgan fingerprint density at radius 1 is 0.643 bits per heavy atom. The summed E-state index contributed by atoms with van der Waals surface area (Å²) in [5.74, 6) is 0. The molecule has 0 spiro atoms. The van der Waals surface area contributed by atoms with Crippen LogP contribution in [0.25, 0.3) is 10.8 Å². The second kappa shape index (κ2) is 7.82. The van der Waals surface area contributed by atoms with Gasteiger partial charge in [0.1, 0.15) is 0 Å². The van der Waals surface area contributed by atoms with Gasteiger partial charge in [-0.15, -0.1) is 0 Å². The van der Waals surface area contributed by atoms with Crippen LogP contribution in [-0.2, 0) is 12.8 Å². The molecule has 0 saturated carbocycles. The molecule has 0 aromatic heterocycles. The van der Waals surface area contributed by atoms with E-state index in [4.69, 9.17) is 0 Å². The molecule has 4 aromatic rings. The first-order valence-electron chi connectivity index (χ1n) is 9.22. The molecule has 0 atom stereocenters. The van der Waals surface area contributed by atoms with E-state index in [0.29, 0.717) is 0 Å². The number of aryl methyl sites for hydroxylation is 2. The zero-order valence-corrected chi connectivity index (χ0v) is 21.4. The van der Waals surface area contributed by atoms with Crippen LogP contribution in [-0.4, -0.2) is 13.8 Å². The summed E-state index contributed by atoms with van der Waals surface area (Å²) in [5, 5.41) is 2.93. The summed E-state index contributed by atoms with van der Waals surface area (Å²) < 4.78 is 2.84. The Balaban J connectivity index is 1.76. The first-order valence-corrected chi connectivity index (χ1v) is 22.8. The Hall–Kier alpha value is -0.760. The molecule has 5 rings (SSSR count). The monoisotopic (exact) mass is 626 g/mol. The van der Waals surface area contributed by atoms with Crippen LogP contribution in [0.2, 0.25) is 0 Å². The van der Waals surface area contributed by atoms with Gasteiger partial charge < -0.3 is 0 Å². The molecule has 0 radical (unpaired) electrons. The van der Waals surface area contributed by atoms with E-state index < -0.39 is 13.8 Å². The van der Waals surface area contributed by atoms with Crippen LogP contribution in [0.4, 0.5) is 0 Å². The SMILES string of the molecule is Br[Te](Br)(c1ccccc1)c1ccc2c3c(ccc(Sc4ccccc4)c13)CC2. The van der Waals surface area contributed by atoms with Crippen molar-refractivity contribution < 1.29 is 0 Å². The van der Waals surface area contributed by atoms with Gasteiger partial charge in [0.25, 0.3) is 0 Å². The molecule has 0 amide bonds. The molecule has 0 bridgehead atoms. The summed E-state index contributed by atoms with van der Waals surface area (Å²) in [6.07, 6.45) is 2.31. The van der Waals surface area contributed by atoms with E-state index in [-0.39, 0.29) is 0 Å². The quantitative estimate of drug-likeness (QED) is 0.236. The second-order valence-corrected chi connectivity index (χ2v) is 32.1. The van der Waals surface area contributed by atoms with Crippen molar-refractivity contribution in [2.75, 3.05) is 0 Å². The molecule has 28 heavy (non-hydrogen) atoms. The third-order valence-electron chi connectivity index (χ3n) is 5.21. The predicted molar refractivity (Wildman–Crippen MR) is 131 cm³/mol. The summed E-state index contributed by atoms with van der Waals surface area (Å²) in [7, 11) is 0. The summed E-state index contributed by atoms with van der Waals surface area (Å²) in [4.78, 5) is 2.64. The number of halogens is 2. The fraction of sp³-hybridized carbons (Fsp3) is 0.0833. The van der Waals surface area contributed by atoms with Crippen LogP contribution in [0.3, 0.4) is 0 Å². The van der Waals surface area contributed by atoms with Gasteiger partial charge in [0.05, 0.1) is 0 Å². The Bertz CT molecular complexity index is 1150. The van der Waals surface area contributed by atoms with E-state index >= 15 is 0 Å². The standard InChI is InChI=1S/C24H18Br2STe/c25-28(26,20-9-5-2-6-10-20)22-16-14-18-12-11-17-13-15-21(24(22)23(17)18)27-19-7-3-1-4-8-19/h1-10,13-16H,11-12H2. The van der Waals surface area contributed by atoms with Crippen LogP contribution in [0.1, 0.15) is 11.1 Å². The van der Waals surface area contributed by atoms with Crippen LogP contribution in [0.15, 0.2) is 94.7 Å². The fourth-order valence-corrected chi connectivity index (χ4v) is 15.8. The van der Waals surface area contributed by atoms with Crippen molar-refractivity contribution in [3.63, 3.8) is 0 Å². The van der Waals surface area contributed by atoms with Gasteiger partial charge in [-0.1, -0.05) is 0 Å². The molecule has 1 aliphatic carbocycles. The Morgan fingerprint density at radius 2 is 1.25 bits per heavy atom. The minimum atomic E-state index is -2.82. The van der Waals surface area contributed by atoms with Crippen LogP contribution >= 0.6 is 37.3 Å². The van der Waals surface area contributed by atoms with Crippen molar-refractivity contribution in [2.24, 2.45) is 0 Å². The van der Waals surface area contributed by atoms with Crippen molar-refractivity contribution in [3.05, 3.63) is 96.1 Å². The van der Waals surface area contributed by atoms with E-state index in [1.165, 1.54) is 38.9 Å². The number of hydrogen-bond acceptors (Lipinski definition) is 1. The number of benzene rings is 4. The van der Waals surface area contributed by atoms with Gasteiger partial charge in [-0.3, -0.25) is 0 Å². The topological polar surface area (TPSA) is 0 Å². The summed E-state index contributed by atoms with van der Waals surface area (Å²) in [6.45, 7) is 0. The van der Waals surface area contributed by atoms with Crippen LogP contribution in [0, 0.1) is 0 Å². The molecule has 0 nitrogen and oxygen atoms in total. The zero-order valence-electron chi connectivity index (χ0n) is 15.1. The third kappa shape index (κ3) is 3.38. The van der Waals surface area contributed by atoms with Crippen molar-refractivity contribution >= 4 is 69.0 Å². The van der Waals surface area contributed by atoms with Crippen molar-refractivity contribution in [3.8, 4) is 0 Å². The third-order valence-corrected chi connectivity index (χ3v) is 21.0. The number of rotatable bonds is 4. The van der Waals surface area contributed by atoms with Gasteiger partial charge in [0, 0.05) is 0 Å². The Labute approximate surface area is 186 Å². The van der Waals surface area contributed by atoms with E-state index in [9.17, 15) is 0 Å². The zero-order chi connectivity index (χ0) is 19.1. The average Bonchev–Trinajstić information content (AvgIpc) is 3.16. The molecule has 0 heterocycles. The molecule has 0 N–H and O–H groups in total. The predicted octanol–water partition coefficient (Wildman–Crippen LogP) is 6.44. The molecule has 4 aromatic carbocycles. The fourth-order valence-electron chi connectivity index (χ4n) is 3.90. The molecular weight excluding hydrogens is 608 g/mol. The molecule has 0 aliphatic heterocycles. The molecule has 0 fully saturated rings. The number of hydrogen-bond donors (Lipinski definition) is 0. The molecule has 140 valence electrons. The van der Waals surface area contributed by atoms with E-state index in [2.05, 4.69) is 110 Å². The molecular formula is C24H18Br2STe. The van der Waals surface area contributed by atoms with Gasteiger partial charge in [-0.25, -0.2) is 0 Å². The average molecular weight is 626 g/mol. The van der Waals surface area contributed by atoms with E-state index in [1.807, 2.05) is 11.8 Å². The first-order chi connectivity index (χ1) is 13.6. The van der Waals surface area contributed by atoms with Crippen molar-refractivity contribution in [2.45, 2.75) is 22.6 Å². The maximum atomic E-state index is 4.21. The Kier molecular flexibility index (Phi) is 5.37.